The molecule has 0 saturated carbocycles. The summed E-state index contributed by atoms with van der Waals surface area (Å²) in [6, 6.07) is 13.8. The van der Waals surface area contributed by atoms with Crippen LogP contribution in [-0.2, 0) is 11.2 Å². The summed E-state index contributed by atoms with van der Waals surface area (Å²) in [6.07, 6.45) is 0.410. The molecule has 0 spiro atoms. The van der Waals surface area contributed by atoms with E-state index >= 15 is 0 Å². The Morgan fingerprint density at radius 2 is 2.09 bits per heavy atom. The smallest absolute Gasteiger partial charge is 0.0631 e. The molecule has 118 valence electrons. The van der Waals surface area contributed by atoms with Gasteiger partial charge in [-0.3, -0.25) is 0 Å². The van der Waals surface area contributed by atoms with Crippen molar-refractivity contribution in [3.63, 3.8) is 0 Å². The van der Waals surface area contributed by atoms with Gasteiger partial charge in [-0.15, -0.1) is 11.3 Å². The van der Waals surface area contributed by atoms with Gasteiger partial charge >= 0.3 is 0 Å². The molecule has 2 aromatic heterocycles. The largest absolute Gasteiger partial charge is 0.550 e. The Balaban J connectivity index is 2.16. The number of thiophene rings is 1. The van der Waals surface area contributed by atoms with Crippen molar-refractivity contribution in [2.75, 3.05) is 0 Å². The highest BCUT2D eigenvalue weighted by Gasteiger charge is 2.14. The van der Waals surface area contributed by atoms with Crippen LogP contribution in [0.25, 0.3) is 16.3 Å². The minimum absolute atomic E-state index is 0.00644. The third kappa shape index (κ3) is 3.33. The van der Waals surface area contributed by atoms with Crippen LogP contribution in [0.1, 0.15) is 17.7 Å². The van der Waals surface area contributed by atoms with Crippen molar-refractivity contribution in [3.8, 4) is 16.3 Å². The van der Waals surface area contributed by atoms with Crippen molar-refractivity contribution in [1.82, 2.24) is 4.57 Å². The van der Waals surface area contributed by atoms with Gasteiger partial charge in [0.2, 0.25) is 0 Å². The normalized spacial score (nSPS) is 10.9. The average Bonchev–Trinajstić information content (AvgIpc) is 3.16. The molecule has 0 radical (unpaired) electrons. The van der Waals surface area contributed by atoms with E-state index in [1.165, 1.54) is 0 Å². The van der Waals surface area contributed by atoms with Gasteiger partial charge in [0.1, 0.15) is 0 Å². The van der Waals surface area contributed by atoms with Crippen LogP contribution >= 0.6 is 22.9 Å². The molecule has 0 amide bonds. The highest BCUT2D eigenvalue weighted by atomic mass is 35.5. The Hall–Kier alpha value is -2.04. The number of hydrogen-bond donors (Lipinski definition) is 0. The van der Waals surface area contributed by atoms with Crippen LogP contribution in [0.4, 0.5) is 0 Å². The number of carbonyl (C=O) groups is 1. The van der Waals surface area contributed by atoms with Gasteiger partial charge < -0.3 is 14.5 Å². The number of carboxylic acids is 1. The first-order valence-corrected chi connectivity index (χ1v) is 8.53. The first-order chi connectivity index (χ1) is 11.1. The van der Waals surface area contributed by atoms with E-state index in [1.54, 1.807) is 11.3 Å². The summed E-state index contributed by atoms with van der Waals surface area (Å²) in [7, 11) is 0. The number of carbonyl (C=O) groups excluding carboxylic acids is 1. The summed E-state index contributed by atoms with van der Waals surface area (Å²) >= 11 is 7.83. The van der Waals surface area contributed by atoms with E-state index in [1.807, 2.05) is 48.7 Å². The zero-order valence-corrected chi connectivity index (χ0v) is 14.2. The molecule has 23 heavy (non-hydrogen) atoms. The Morgan fingerprint density at radius 1 is 1.26 bits per heavy atom. The molecule has 3 aromatic rings. The van der Waals surface area contributed by atoms with Crippen molar-refractivity contribution >= 4 is 28.9 Å². The molecule has 0 N–H and O–H groups in total. The van der Waals surface area contributed by atoms with E-state index in [-0.39, 0.29) is 6.42 Å². The van der Waals surface area contributed by atoms with Gasteiger partial charge in [-0.2, -0.15) is 0 Å². The number of halogens is 1. The summed E-state index contributed by atoms with van der Waals surface area (Å²) in [5.41, 5.74) is 4.03. The number of benzene rings is 1. The molecule has 3 rings (SSSR count). The van der Waals surface area contributed by atoms with Crippen LogP contribution in [0.2, 0.25) is 5.02 Å². The maximum Gasteiger partial charge on any atom is 0.0631 e. The fourth-order valence-electron chi connectivity index (χ4n) is 2.63. The van der Waals surface area contributed by atoms with Gasteiger partial charge in [-0.25, -0.2) is 0 Å². The molecular formula is C18H15ClNO2S-. The van der Waals surface area contributed by atoms with E-state index < -0.39 is 5.97 Å². The molecule has 0 atom stereocenters. The Morgan fingerprint density at radius 3 is 2.78 bits per heavy atom. The third-order valence-corrected chi connectivity index (χ3v) is 4.86. The van der Waals surface area contributed by atoms with Crippen molar-refractivity contribution in [1.29, 1.82) is 0 Å². The van der Waals surface area contributed by atoms with Crippen molar-refractivity contribution in [2.45, 2.75) is 19.8 Å². The topological polar surface area (TPSA) is 45.1 Å². The zero-order chi connectivity index (χ0) is 16.4. The second kappa shape index (κ2) is 6.60. The predicted octanol–water partition coefficient (Wildman–Crippen LogP) is 3.85. The lowest BCUT2D eigenvalue weighted by Gasteiger charge is -2.16. The molecule has 0 unspecified atom stereocenters. The summed E-state index contributed by atoms with van der Waals surface area (Å²) in [5.74, 6) is -1.04. The fraction of sp³-hybridized carbons (Fsp3) is 0.167. The molecule has 0 fully saturated rings. The maximum absolute atomic E-state index is 10.8. The third-order valence-electron chi connectivity index (χ3n) is 3.73. The minimum atomic E-state index is -1.04. The Bertz CT molecular complexity index is 837. The molecule has 1 aromatic carbocycles. The molecule has 0 saturated heterocycles. The number of aromatic nitrogens is 1. The zero-order valence-electron chi connectivity index (χ0n) is 12.6. The van der Waals surface area contributed by atoms with E-state index in [0.29, 0.717) is 11.4 Å². The lowest BCUT2D eigenvalue weighted by molar-refractivity contribution is -0.305. The summed E-state index contributed by atoms with van der Waals surface area (Å²) in [5, 5.41) is 13.5. The molecule has 3 nitrogen and oxygen atoms in total. The lowest BCUT2D eigenvalue weighted by atomic mass is 10.1. The van der Waals surface area contributed by atoms with E-state index in [0.717, 1.165) is 27.5 Å². The molecule has 2 heterocycles. The first kappa shape index (κ1) is 15.8. The van der Waals surface area contributed by atoms with Crippen LogP contribution in [0.3, 0.4) is 0 Å². The fourth-order valence-corrected chi connectivity index (χ4v) is 3.54. The van der Waals surface area contributed by atoms with Gasteiger partial charge in [0.05, 0.1) is 16.3 Å². The van der Waals surface area contributed by atoms with Gasteiger partial charge in [-0.1, -0.05) is 23.7 Å². The van der Waals surface area contributed by atoms with Crippen LogP contribution in [-0.4, -0.2) is 10.5 Å². The second-order valence-electron chi connectivity index (χ2n) is 5.33. The van der Waals surface area contributed by atoms with Crippen molar-refractivity contribution < 1.29 is 9.90 Å². The Labute approximate surface area is 143 Å². The summed E-state index contributed by atoms with van der Waals surface area (Å²) in [4.78, 5) is 12.0. The first-order valence-electron chi connectivity index (χ1n) is 7.27. The van der Waals surface area contributed by atoms with Gasteiger partial charge in [-0.05, 0) is 61.0 Å². The van der Waals surface area contributed by atoms with Crippen LogP contribution < -0.4 is 5.11 Å². The number of rotatable bonds is 5. The average molecular weight is 345 g/mol. The number of hydrogen-bond acceptors (Lipinski definition) is 3. The van der Waals surface area contributed by atoms with Crippen LogP contribution in [0.15, 0.2) is 47.8 Å². The van der Waals surface area contributed by atoms with Crippen LogP contribution in [0.5, 0.6) is 0 Å². The lowest BCUT2D eigenvalue weighted by Crippen LogP contribution is -2.22. The maximum atomic E-state index is 10.8. The monoisotopic (exact) mass is 344 g/mol. The predicted molar refractivity (Wildman–Crippen MR) is 92.2 cm³/mol. The standard InChI is InChI=1S/C18H16ClNO2S/c1-12-4-5-13(19)11-16(12)20-14(7-9-18(21)22)6-8-15(20)17-3-2-10-23-17/h2-6,8,10-11H,7,9H2,1H3,(H,21,22)/p-1. The second-order valence-corrected chi connectivity index (χ2v) is 6.71. The minimum Gasteiger partial charge on any atom is -0.550 e. The van der Waals surface area contributed by atoms with Crippen molar-refractivity contribution in [2.24, 2.45) is 0 Å². The molecule has 0 aliphatic rings. The van der Waals surface area contributed by atoms with Crippen molar-refractivity contribution in [3.05, 3.63) is 64.1 Å². The molecular weight excluding hydrogens is 330 g/mol. The highest BCUT2D eigenvalue weighted by Crippen LogP contribution is 2.32. The summed E-state index contributed by atoms with van der Waals surface area (Å²) in [6.45, 7) is 2.02. The number of nitrogens with zero attached hydrogens (tertiary/aromatic N) is 1. The van der Waals surface area contributed by atoms with Gasteiger partial charge in [0.25, 0.3) is 0 Å². The molecule has 0 aliphatic heterocycles. The van der Waals surface area contributed by atoms with E-state index in [9.17, 15) is 9.90 Å². The number of carboxylic acid groups (broad SMARTS) is 1. The SMILES string of the molecule is Cc1ccc(Cl)cc1-n1c(CCC(=O)[O-])ccc1-c1cccs1. The molecule has 0 aliphatic carbocycles. The number of aliphatic carboxylic acids is 1. The van der Waals surface area contributed by atoms with Gasteiger partial charge in [0, 0.05) is 16.7 Å². The molecule has 5 heteroatoms. The summed E-state index contributed by atoms with van der Waals surface area (Å²) < 4.78 is 2.09. The quantitative estimate of drug-likeness (QED) is 0.705. The van der Waals surface area contributed by atoms with Gasteiger partial charge in [0.15, 0.2) is 0 Å². The van der Waals surface area contributed by atoms with Crippen LogP contribution in [0, 0.1) is 6.92 Å². The number of aryl methyl sites for hydroxylation is 2. The Kier molecular flexibility index (Phi) is 4.55. The highest BCUT2D eigenvalue weighted by molar-refractivity contribution is 7.13. The van der Waals surface area contributed by atoms with E-state index in [4.69, 9.17) is 11.6 Å². The molecule has 0 bridgehead atoms. The van der Waals surface area contributed by atoms with E-state index in [2.05, 4.69) is 10.6 Å².